The van der Waals surface area contributed by atoms with Gasteiger partial charge in [-0.1, -0.05) is 0 Å². The fraction of sp³-hybridized carbons (Fsp3) is 0.385. The predicted octanol–water partition coefficient (Wildman–Crippen LogP) is 1.08. The van der Waals surface area contributed by atoms with E-state index in [9.17, 15) is 9.90 Å². The molecule has 1 aromatic carbocycles. The maximum atomic E-state index is 12.1. The molecule has 0 bridgehead atoms. The van der Waals surface area contributed by atoms with Crippen molar-refractivity contribution in [3.63, 3.8) is 0 Å². The number of hydrogen-bond donors (Lipinski definition) is 2. The van der Waals surface area contributed by atoms with Crippen LogP contribution in [0, 0.1) is 12.3 Å². The van der Waals surface area contributed by atoms with Crippen molar-refractivity contribution in [3.05, 3.63) is 24.1 Å². The Morgan fingerprint density at radius 3 is 2.95 bits per heavy atom. The van der Waals surface area contributed by atoms with Crippen molar-refractivity contribution < 1.29 is 19.1 Å². The molecule has 0 unspecified atom stereocenters. The van der Waals surface area contributed by atoms with Gasteiger partial charge in [-0.15, -0.1) is 0 Å². The van der Waals surface area contributed by atoms with Crippen LogP contribution in [0.4, 0.5) is 5.69 Å². The molecular weight excluding hydrogens is 248 g/mol. The highest BCUT2D eigenvalue weighted by Crippen LogP contribution is 2.29. The number of oxazole rings is 1. The highest BCUT2D eigenvalue weighted by atomic mass is 16.5. The van der Waals surface area contributed by atoms with Gasteiger partial charge in [0.05, 0.1) is 19.8 Å². The Labute approximate surface area is 109 Å². The zero-order valence-electron chi connectivity index (χ0n) is 10.5. The smallest absolute Gasteiger partial charge is 0.237 e. The number of carbonyl (C=O) groups excluding carboxylic acids is 1. The standard InChI is InChI=1S/C13H14N2O4/c1-8-14-10-3-2-9(4-11(10)19-8)15-12(17)13(5-16)6-18-7-13/h2-4,16H,5-7H2,1H3,(H,15,17). The van der Waals surface area contributed by atoms with Gasteiger partial charge in [0.25, 0.3) is 0 Å². The molecule has 2 N–H and O–H groups in total. The molecule has 1 amide bonds. The van der Waals surface area contributed by atoms with Crippen LogP contribution in [0.2, 0.25) is 0 Å². The second kappa shape index (κ2) is 4.32. The SMILES string of the molecule is Cc1nc2ccc(NC(=O)C3(CO)COC3)cc2o1. The number of nitrogens with one attached hydrogen (secondary N) is 1. The predicted molar refractivity (Wildman–Crippen MR) is 67.7 cm³/mol. The summed E-state index contributed by atoms with van der Waals surface area (Å²) in [6.07, 6.45) is 0. The molecule has 100 valence electrons. The van der Waals surface area contributed by atoms with Gasteiger partial charge in [0.2, 0.25) is 5.91 Å². The number of rotatable bonds is 3. The van der Waals surface area contributed by atoms with E-state index in [-0.39, 0.29) is 25.7 Å². The first-order valence-electron chi connectivity index (χ1n) is 6.00. The van der Waals surface area contributed by atoms with Crippen molar-refractivity contribution in [1.82, 2.24) is 4.98 Å². The molecule has 0 aliphatic carbocycles. The number of carbonyl (C=O) groups is 1. The number of ether oxygens (including phenoxy) is 1. The minimum Gasteiger partial charge on any atom is -0.441 e. The lowest BCUT2D eigenvalue weighted by molar-refractivity contribution is -0.164. The van der Waals surface area contributed by atoms with Gasteiger partial charge in [0, 0.05) is 18.7 Å². The second-order valence-corrected chi connectivity index (χ2v) is 4.80. The van der Waals surface area contributed by atoms with Crippen LogP contribution in [0.25, 0.3) is 11.1 Å². The zero-order chi connectivity index (χ0) is 13.5. The number of amides is 1. The summed E-state index contributed by atoms with van der Waals surface area (Å²) in [5.41, 5.74) is 1.18. The van der Waals surface area contributed by atoms with E-state index in [0.29, 0.717) is 17.2 Å². The minimum absolute atomic E-state index is 0.220. The van der Waals surface area contributed by atoms with Crippen LogP contribution in [0.1, 0.15) is 5.89 Å². The van der Waals surface area contributed by atoms with Gasteiger partial charge in [-0.3, -0.25) is 4.79 Å². The molecule has 3 rings (SSSR count). The summed E-state index contributed by atoms with van der Waals surface area (Å²) in [5.74, 6) is 0.342. The van der Waals surface area contributed by atoms with E-state index in [0.717, 1.165) is 5.52 Å². The maximum absolute atomic E-state index is 12.1. The molecule has 0 spiro atoms. The third-order valence-electron chi connectivity index (χ3n) is 3.29. The number of aromatic nitrogens is 1. The van der Waals surface area contributed by atoms with Crippen LogP contribution in [-0.4, -0.2) is 35.8 Å². The third-order valence-corrected chi connectivity index (χ3v) is 3.29. The molecule has 1 fully saturated rings. The van der Waals surface area contributed by atoms with Gasteiger partial charge in [0.15, 0.2) is 11.5 Å². The maximum Gasteiger partial charge on any atom is 0.237 e. The van der Waals surface area contributed by atoms with Crippen LogP contribution < -0.4 is 5.32 Å². The van der Waals surface area contributed by atoms with Crippen molar-refractivity contribution in [2.45, 2.75) is 6.92 Å². The summed E-state index contributed by atoms with van der Waals surface area (Å²) in [4.78, 5) is 16.3. The Balaban J connectivity index is 1.82. The van der Waals surface area contributed by atoms with Crippen LogP contribution in [0.3, 0.4) is 0 Å². The Morgan fingerprint density at radius 2 is 2.32 bits per heavy atom. The Bertz CT molecular complexity index is 625. The van der Waals surface area contributed by atoms with Crippen LogP contribution in [0.15, 0.2) is 22.6 Å². The lowest BCUT2D eigenvalue weighted by Gasteiger charge is -2.37. The molecule has 2 aromatic rings. The van der Waals surface area contributed by atoms with E-state index in [2.05, 4.69) is 10.3 Å². The van der Waals surface area contributed by atoms with Crippen LogP contribution in [-0.2, 0) is 9.53 Å². The molecule has 6 nitrogen and oxygen atoms in total. The molecule has 1 aliphatic heterocycles. The average Bonchev–Trinajstić information content (AvgIpc) is 2.67. The topological polar surface area (TPSA) is 84.6 Å². The molecule has 2 heterocycles. The number of aliphatic hydroxyl groups excluding tert-OH is 1. The van der Waals surface area contributed by atoms with Gasteiger partial charge < -0.3 is 19.6 Å². The highest BCUT2D eigenvalue weighted by Gasteiger charge is 2.45. The quantitative estimate of drug-likeness (QED) is 0.864. The fourth-order valence-electron chi connectivity index (χ4n) is 2.02. The van der Waals surface area contributed by atoms with Crippen molar-refractivity contribution in [2.24, 2.45) is 5.41 Å². The summed E-state index contributed by atoms with van der Waals surface area (Å²) in [7, 11) is 0. The zero-order valence-corrected chi connectivity index (χ0v) is 10.5. The summed E-state index contributed by atoms with van der Waals surface area (Å²) in [6, 6.07) is 5.26. The highest BCUT2D eigenvalue weighted by molar-refractivity contribution is 5.97. The molecule has 0 atom stereocenters. The molecular formula is C13H14N2O4. The third kappa shape index (κ3) is 1.98. The summed E-state index contributed by atoms with van der Waals surface area (Å²) >= 11 is 0. The van der Waals surface area contributed by atoms with E-state index in [4.69, 9.17) is 9.15 Å². The molecule has 19 heavy (non-hydrogen) atoms. The molecule has 0 radical (unpaired) electrons. The fourth-order valence-corrected chi connectivity index (χ4v) is 2.02. The number of fused-ring (bicyclic) bond motifs is 1. The lowest BCUT2D eigenvalue weighted by Crippen LogP contribution is -2.54. The van der Waals surface area contributed by atoms with Crippen molar-refractivity contribution in [2.75, 3.05) is 25.1 Å². The van der Waals surface area contributed by atoms with Gasteiger partial charge in [-0.2, -0.15) is 0 Å². The number of aryl methyl sites for hydroxylation is 1. The normalized spacial score (nSPS) is 17.2. The summed E-state index contributed by atoms with van der Waals surface area (Å²) in [5, 5.41) is 12.1. The monoisotopic (exact) mass is 262 g/mol. The second-order valence-electron chi connectivity index (χ2n) is 4.80. The first-order valence-corrected chi connectivity index (χ1v) is 6.00. The average molecular weight is 262 g/mol. The van der Waals surface area contributed by atoms with Crippen molar-refractivity contribution in [3.8, 4) is 0 Å². The number of hydrogen-bond acceptors (Lipinski definition) is 5. The number of nitrogens with zero attached hydrogens (tertiary/aromatic N) is 1. The summed E-state index contributed by atoms with van der Waals surface area (Å²) in [6.45, 7) is 2.05. The van der Waals surface area contributed by atoms with Gasteiger partial charge in [-0.25, -0.2) is 4.98 Å². The van der Waals surface area contributed by atoms with Gasteiger partial charge in [-0.05, 0) is 12.1 Å². The van der Waals surface area contributed by atoms with Crippen molar-refractivity contribution >= 4 is 22.7 Å². The van der Waals surface area contributed by atoms with E-state index in [1.54, 1.807) is 25.1 Å². The molecule has 1 aromatic heterocycles. The van der Waals surface area contributed by atoms with Crippen LogP contribution in [0.5, 0.6) is 0 Å². The Kier molecular flexibility index (Phi) is 2.76. The number of anilines is 1. The molecule has 1 saturated heterocycles. The van der Waals surface area contributed by atoms with E-state index in [1.165, 1.54) is 0 Å². The first-order chi connectivity index (χ1) is 9.13. The van der Waals surface area contributed by atoms with Crippen molar-refractivity contribution in [1.29, 1.82) is 0 Å². The van der Waals surface area contributed by atoms with Crippen LogP contribution >= 0.6 is 0 Å². The first kappa shape index (κ1) is 12.1. The number of aliphatic hydroxyl groups is 1. The molecule has 1 aliphatic rings. The largest absolute Gasteiger partial charge is 0.441 e. The van der Waals surface area contributed by atoms with E-state index >= 15 is 0 Å². The van der Waals surface area contributed by atoms with E-state index < -0.39 is 5.41 Å². The molecule has 6 heteroatoms. The molecule has 0 saturated carbocycles. The van der Waals surface area contributed by atoms with Gasteiger partial charge >= 0.3 is 0 Å². The van der Waals surface area contributed by atoms with E-state index in [1.807, 2.05) is 0 Å². The minimum atomic E-state index is -0.813. The lowest BCUT2D eigenvalue weighted by atomic mass is 9.86. The Morgan fingerprint density at radius 1 is 1.53 bits per heavy atom. The Hall–Kier alpha value is -1.92. The van der Waals surface area contributed by atoms with Gasteiger partial charge in [0.1, 0.15) is 10.9 Å². The summed E-state index contributed by atoms with van der Waals surface area (Å²) < 4.78 is 10.4. The number of benzene rings is 1.